The summed E-state index contributed by atoms with van der Waals surface area (Å²) in [7, 11) is -3.77. The maximum absolute atomic E-state index is 13.1. The first kappa shape index (κ1) is 13.8. The van der Waals surface area contributed by atoms with Crippen molar-refractivity contribution >= 4 is 27.3 Å². The van der Waals surface area contributed by atoms with Gasteiger partial charge >= 0.3 is 0 Å². The highest BCUT2D eigenvalue weighted by Crippen LogP contribution is 2.25. The molecule has 2 aromatic rings. The third-order valence-corrected chi connectivity index (χ3v) is 4.22. The number of benzene rings is 2. The summed E-state index contributed by atoms with van der Waals surface area (Å²) < 4.78 is 39.5. The number of rotatable bonds is 3. The van der Waals surface area contributed by atoms with Crippen LogP contribution in [-0.2, 0) is 10.0 Å². The summed E-state index contributed by atoms with van der Waals surface area (Å²) in [6.07, 6.45) is 0. The van der Waals surface area contributed by atoms with Crippen molar-refractivity contribution in [3.05, 3.63) is 58.9 Å². The summed E-state index contributed by atoms with van der Waals surface area (Å²) in [6, 6.07) is 9.81. The maximum atomic E-state index is 13.1. The minimum atomic E-state index is -3.77. The molecule has 2 rings (SSSR count). The van der Waals surface area contributed by atoms with Crippen molar-refractivity contribution in [2.45, 2.75) is 11.8 Å². The summed E-state index contributed by atoms with van der Waals surface area (Å²) in [5.41, 5.74) is 0.963. The van der Waals surface area contributed by atoms with E-state index in [9.17, 15) is 12.8 Å². The van der Waals surface area contributed by atoms with Crippen molar-refractivity contribution < 1.29 is 12.8 Å². The van der Waals surface area contributed by atoms with E-state index < -0.39 is 15.8 Å². The minimum absolute atomic E-state index is 0.0160. The monoisotopic (exact) mass is 299 g/mol. The van der Waals surface area contributed by atoms with E-state index in [1.807, 2.05) is 6.92 Å². The van der Waals surface area contributed by atoms with Crippen LogP contribution in [0.15, 0.2) is 47.4 Å². The van der Waals surface area contributed by atoms with Crippen molar-refractivity contribution in [2.24, 2.45) is 0 Å². The molecule has 0 fully saturated rings. The number of sulfonamides is 1. The van der Waals surface area contributed by atoms with E-state index in [-0.39, 0.29) is 15.6 Å². The van der Waals surface area contributed by atoms with Crippen molar-refractivity contribution in [3.63, 3.8) is 0 Å². The Labute approximate surface area is 116 Å². The second-order valence-corrected chi connectivity index (χ2v) is 6.13. The van der Waals surface area contributed by atoms with Crippen LogP contribution in [0.25, 0.3) is 0 Å². The zero-order valence-electron chi connectivity index (χ0n) is 10.0. The van der Waals surface area contributed by atoms with E-state index >= 15 is 0 Å². The van der Waals surface area contributed by atoms with E-state index in [4.69, 9.17) is 11.6 Å². The topological polar surface area (TPSA) is 46.2 Å². The van der Waals surface area contributed by atoms with Gasteiger partial charge in [0.25, 0.3) is 10.0 Å². The molecule has 0 radical (unpaired) electrons. The van der Waals surface area contributed by atoms with Crippen molar-refractivity contribution in [2.75, 3.05) is 4.72 Å². The van der Waals surface area contributed by atoms with Gasteiger partial charge in [0.05, 0.1) is 15.6 Å². The first-order chi connectivity index (χ1) is 8.88. The third kappa shape index (κ3) is 3.24. The summed E-state index contributed by atoms with van der Waals surface area (Å²) in [5, 5.41) is 0.136. The molecule has 100 valence electrons. The average molecular weight is 300 g/mol. The molecule has 0 heterocycles. The molecule has 0 aliphatic carbocycles. The Morgan fingerprint density at radius 3 is 2.37 bits per heavy atom. The minimum Gasteiger partial charge on any atom is -0.278 e. The van der Waals surface area contributed by atoms with Crippen LogP contribution < -0.4 is 4.72 Å². The predicted molar refractivity (Wildman–Crippen MR) is 73.4 cm³/mol. The van der Waals surface area contributed by atoms with E-state index in [2.05, 4.69) is 4.72 Å². The first-order valence-corrected chi connectivity index (χ1v) is 7.29. The van der Waals surface area contributed by atoms with Crippen molar-refractivity contribution in [1.29, 1.82) is 0 Å². The quantitative estimate of drug-likeness (QED) is 0.941. The maximum Gasteiger partial charge on any atom is 0.261 e. The van der Waals surface area contributed by atoms with Gasteiger partial charge in [0.1, 0.15) is 5.82 Å². The summed E-state index contributed by atoms with van der Waals surface area (Å²) in [5.74, 6) is -0.564. The number of anilines is 1. The lowest BCUT2D eigenvalue weighted by molar-refractivity contribution is 0.601. The molecule has 2 aromatic carbocycles. The Balaban J connectivity index is 2.36. The molecule has 19 heavy (non-hydrogen) atoms. The predicted octanol–water partition coefficient (Wildman–Crippen LogP) is 3.59. The van der Waals surface area contributed by atoms with Crippen molar-refractivity contribution in [1.82, 2.24) is 0 Å². The Bertz CT molecular complexity index is 699. The second kappa shape index (κ2) is 5.19. The van der Waals surface area contributed by atoms with Gasteiger partial charge in [-0.05, 0) is 37.3 Å². The number of hydrogen-bond donors (Lipinski definition) is 1. The van der Waals surface area contributed by atoms with Crippen LogP contribution in [0.2, 0.25) is 5.02 Å². The number of hydrogen-bond acceptors (Lipinski definition) is 2. The lowest BCUT2D eigenvalue weighted by Gasteiger charge is -2.09. The van der Waals surface area contributed by atoms with E-state index in [1.54, 1.807) is 12.1 Å². The SMILES string of the molecule is Cc1ccc(S(=O)(=O)Nc2cc(F)ccc2Cl)cc1. The van der Waals surface area contributed by atoms with Crippen LogP contribution >= 0.6 is 11.6 Å². The van der Waals surface area contributed by atoms with E-state index in [0.29, 0.717) is 0 Å². The molecular formula is C13H11ClFNO2S. The molecule has 0 aromatic heterocycles. The standard InChI is InChI=1S/C13H11ClFNO2S/c1-9-2-5-11(6-3-9)19(17,18)16-13-8-10(15)4-7-12(13)14/h2-8,16H,1H3. The second-order valence-electron chi connectivity index (χ2n) is 4.04. The Kier molecular flexibility index (Phi) is 3.78. The van der Waals surface area contributed by atoms with Gasteiger partial charge in [-0.15, -0.1) is 0 Å². The van der Waals surface area contributed by atoms with Gasteiger partial charge in [0.2, 0.25) is 0 Å². The molecule has 1 N–H and O–H groups in total. The molecule has 0 unspecified atom stereocenters. The normalized spacial score (nSPS) is 11.3. The highest BCUT2D eigenvalue weighted by atomic mass is 35.5. The first-order valence-electron chi connectivity index (χ1n) is 5.43. The van der Waals surface area contributed by atoms with E-state index in [0.717, 1.165) is 17.7 Å². The molecule has 0 aliphatic heterocycles. The van der Waals surface area contributed by atoms with Gasteiger partial charge in [0, 0.05) is 0 Å². The fraction of sp³-hybridized carbons (Fsp3) is 0.0769. The molecule has 0 spiro atoms. The molecule has 0 bridgehead atoms. The third-order valence-electron chi connectivity index (χ3n) is 2.50. The fourth-order valence-corrected chi connectivity index (χ4v) is 2.79. The molecule has 0 saturated carbocycles. The Hall–Kier alpha value is -1.59. The zero-order valence-corrected chi connectivity index (χ0v) is 11.6. The van der Waals surface area contributed by atoms with Crippen LogP contribution in [0.3, 0.4) is 0 Å². The van der Waals surface area contributed by atoms with Crippen molar-refractivity contribution in [3.8, 4) is 0 Å². The molecule has 3 nitrogen and oxygen atoms in total. The summed E-state index contributed by atoms with van der Waals surface area (Å²) in [6.45, 7) is 1.85. The molecule has 6 heteroatoms. The van der Waals surface area contributed by atoms with Gasteiger partial charge in [-0.2, -0.15) is 0 Å². The highest BCUT2D eigenvalue weighted by molar-refractivity contribution is 7.92. The molecule has 0 saturated heterocycles. The van der Waals surface area contributed by atoms with Gasteiger partial charge < -0.3 is 0 Å². The lowest BCUT2D eigenvalue weighted by Crippen LogP contribution is -2.13. The Morgan fingerprint density at radius 2 is 1.74 bits per heavy atom. The van der Waals surface area contributed by atoms with Gasteiger partial charge in [0.15, 0.2) is 0 Å². The number of nitrogens with one attached hydrogen (secondary N) is 1. The molecule has 0 atom stereocenters. The van der Waals surface area contributed by atoms with Gasteiger partial charge in [-0.1, -0.05) is 29.3 Å². The largest absolute Gasteiger partial charge is 0.278 e. The van der Waals surface area contributed by atoms with Gasteiger partial charge in [-0.3, -0.25) is 4.72 Å². The van der Waals surface area contributed by atoms with Crippen LogP contribution in [-0.4, -0.2) is 8.42 Å². The average Bonchev–Trinajstić information content (AvgIpc) is 2.34. The fourth-order valence-electron chi connectivity index (χ4n) is 1.50. The zero-order chi connectivity index (χ0) is 14.0. The Morgan fingerprint density at radius 1 is 1.11 bits per heavy atom. The smallest absolute Gasteiger partial charge is 0.261 e. The highest BCUT2D eigenvalue weighted by Gasteiger charge is 2.15. The summed E-state index contributed by atoms with van der Waals surface area (Å²) >= 11 is 5.82. The van der Waals surface area contributed by atoms with Crippen LogP contribution in [0, 0.1) is 12.7 Å². The van der Waals surface area contributed by atoms with Crippen LogP contribution in [0.5, 0.6) is 0 Å². The summed E-state index contributed by atoms with van der Waals surface area (Å²) in [4.78, 5) is 0.0958. The molecule has 0 aliphatic rings. The number of halogens is 2. The number of aryl methyl sites for hydroxylation is 1. The lowest BCUT2D eigenvalue weighted by atomic mass is 10.2. The molecular weight excluding hydrogens is 289 g/mol. The van der Waals surface area contributed by atoms with Crippen LogP contribution in [0.1, 0.15) is 5.56 Å². The van der Waals surface area contributed by atoms with Crippen LogP contribution in [0.4, 0.5) is 10.1 Å². The van der Waals surface area contributed by atoms with E-state index in [1.165, 1.54) is 18.2 Å². The van der Waals surface area contributed by atoms with Gasteiger partial charge in [-0.25, -0.2) is 12.8 Å². The molecule has 0 amide bonds.